The Balaban J connectivity index is 1.85. The van der Waals surface area contributed by atoms with E-state index in [0.717, 1.165) is 18.1 Å². The molecular formula is C16H15N3O6. The van der Waals surface area contributed by atoms with E-state index in [2.05, 4.69) is 5.32 Å². The first-order valence-electron chi connectivity index (χ1n) is 7.60. The fourth-order valence-electron chi connectivity index (χ4n) is 2.52. The van der Waals surface area contributed by atoms with Gasteiger partial charge in [-0.3, -0.25) is 20.2 Å². The molecule has 9 nitrogen and oxygen atoms in total. The minimum absolute atomic E-state index is 0.197. The summed E-state index contributed by atoms with van der Waals surface area (Å²) in [5.74, 6) is 1.24. The smallest absolute Gasteiger partial charge is 0.299 e. The number of fused-ring (bicyclic) bond motifs is 1. The van der Waals surface area contributed by atoms with E-state index >= 15 is 0 Å². The monoisotopic (exact) mass is 345 g/mol. The molecule has 0 atom stereocenters. The Morgan fingerprint density at radius 3 is 2.60 bits per heavy atom. The number of para-hydroxylation sites is 1. The molecule has 1 aliphatic rings. The molecule has 0 saturated carbocycles. The van der Waals surface area contributed by atoms with Crippen LogP contribution in [0.4, 0.5) is 17.1 Å². The number of nitrogens with zero attached hydrogens (tertiary/aromatic N) is 2. The first-order valence-corrected chi connectivity index (χ1v) is 7.60. The molecule has 1 heterocycles. The van der Waals surface area contributed by atoms with Crippen LogP contribution in [0.3, 0.4) is 0 Å². The predicted molar refractivity (Wildman–Crippen MR) is 89.1 cm³/mol. The Kier molecular flexibility index (Phi) is 4.64. The Hall–Kier alpha value is -3.36. The number of nitro groups is 2. The van der Waals surface area contributed by atoms with Gasteiger partial charge in [-0.05, 0) is 12.1 Å². The topological polar surface area (TPSA) is 117 Å². The number of anilines is 1. The minimum Gasteiger partial charge on any atom is -0.490 e. The number of benzene rings is 2. The van der Waals surface area contributed by atoms with Crippen LogP contribution in [0.1, 0.15) is 12.0 Å². The Morgan fingerprint density at radius 1 is 1.04 bits per heavy atom. The highest BCUT2D eigenvalue weighted by Crippen LogP contribution is 2.35. The van der Waals surface area contributed by atoms with Crippen molar-refractivity contribution in [1.82, 2.24) is 0 Å². The highest BCUT2D eigenvalue weighted by molar-refractivity contribution is 5.65. The van der Waals surface area contributed by atoms with Crippen LogP contribution in [0.5, 0.6) is 11.5 Å². The van der Waals surface area contributed by atoms with E-state index in [1.54, 1.807) is 6.07 Å². The van der Waals surface area contributed by atoms with Crippen LogP contribution in [0, 0.1) is 20.2 Å². The van der Waals surface area contributed by atoms with Crippen molar-refractivity contribution < 1.29 is 19.3 Å². The molecule has 0 unspecified atom stereocenters. The number of nitrogens with one attached hydrogen (secondary N) is 1. The minimum atomic E-state index is -0.668. The fraction of sp³-hybridized carbons (Fsp3) is 0.250. The molecule has 0 saturated heterocycles. The van der Waals surface area contributed by atoms with Gasteiger partial charge in [0.05, 0.1) is 29.1 Å². The van der Waals surface area contributed by atoms with Gasteiger partial charge in [-0.25, -0.2) is 0 Å². The summed E-state index contributed by atoms with van der Waals surface area (Å²) >= 11 is 0. The molecule has 25 heavy (non-hydrogen) atoms. The molecule has 0 radical (unpaired) electrons. The van der Waals surface area contributed by atoms with Gasteiger partial charge in [0.15, 0.2) is 11.5 Å². The third-order valence-corrected chi connectivity index (χ3v) is 3.71. The maximum Gasteiger partial charge on any atom is 0.299 e. The number of ether oxygens (including phenoxy) is 2. The molecule has 0 amide bonds. The largest absolute Gasteiger partial charge is 0.490 e. The van der Waals surface area contributed by atoms with Crippen molar-refractivity contribution in [2.75, 3.05) is 18.5 Å². The number of nitro benzene ring substituents is 2. The average molecular weight is 345 g/mol. The number of hydrogen-bond acceptors (Lipinski definition) is 7. The van der Waals surface area contributed by atoms with Gasteiger partial charge in [0.25, 0.3) is 11.4 Å². The Labute approximate surface area is 142 Å². The second-order valence-corrected chi connectivity index (χ2v) is 5.36. The van der Waals surface area contributed by atoms with Gasteiger partial charge in [-0.15, -0.1) is 0 Å². The molecular weight excluding hydrogens is 330 g/mol. The lowest BCUT2D eigenvalue weighted by atomic mass is 10.1. The van der Waals surface area contributed by atoms with Gasteiger partial charge in [0.1, 0.15) is 5.69 Å². The SMILES string of the molecule is O=[N+]([O-])c1ccc(NCc2cccc3c2OCCCO3)c([N+](=O)[O-])c1. The van der Waals surface area contributed by atoms with Gasteiger partial charge < -0.3 is 14.8 Å². The number of hydrogen-bond donors (Lipinski definition) is 1. The standard InChI is InChI=1S/C16H15N3O6/c20-18(21)12-5-6-13(14(9-12)19(22)23)17-10-11-3-1-4-15-16(11)25-8-2-7-24-15/h1,3-6,9,17H,2,7-8,10H2. The van der Waals surface area contributed by atoms with Gasteiger partial charge in [-0.1, -0.05) is 12.1 Å². The fourth-order valence-corrected chi connectivity index (χ4v) is 2.52. The van der Waals surface area contributed by atoms with Crippen LogP contribution in [-0.2, 0) is 6.54 Å². The zero-order valence-corrected chi connectivity index (χ0v) is 13.1. The van der Waals surface area contributed by atoms with Gasteiger partial charge in [-0.2, -0.15) is 0 Å². The molecule has 0 aromatic heterocycles. The van der Waals surface area contributed by atoms with Crippen molar-refractivity contribution >= 4 is 17.1 Å². The van der Waals surface area contributed by atoms with Crippen LogP contribution in [0.25, 0.3) is 0 Å². The third kappa shape index (κ3) is 3.60. The van der Waals surface area contributed by atoms with E-state index in [4.69, 9.17) is 9.47 Å². The highest BCUT2D eigenvalue weighted by atomic mass is 16.6. The van der Waals surface area contributed by atoms with E-state index in [9.17, 15) is 20.2 Å². The highest BCUT2D eigenvalue weighted by Gasteiger charge is 2.20. The molecule has 0 fully saturated rings. The van der Waals surface area contributed by atoms with Crippen molar-refractivity contribution in [2.45, 2.75) is 13.0 Å². The second-order valence-electron chi connectivity index (χ2n) is 5.36. The van der Waals surface area contributed by atoms with E-state index in [-0.39, 0.29) is 23.6 Å². The van der Waals surface area contributed by atoms with Crippen LogP contribution in [0.2, 0.25) is 0 Å². The maximum atomic E-state index is 11.2. The normalized spacial score (nSPS) is 13.0. The lowest BCUT2D eigenvalue weighted by Gasteiger charge is -2.13. The zero-order valence-electron chi connectivity index (χ0n) is 13.1. The third-order valence-electron chi connectivity index (χ3n) is 3.71. The molecule has 0 aliphatic carbocycles. The molecule has 0 bridgehead atoms. The zero-order chi connectivity index (χ0) is 17.8. The van der Waals surface area contributed by atoms with Crippen molar-refractivity contribution in [3.8, 4) is 11.5 Å². The van der Waals surface area contributed by atoms with Gasteiger partial charge in [0.2, 0.25) is 0 Å². The molecule has 0 spiro atoms. The van der Waals surface area contributed by atoms with Crippen LogP contribution in [0.15, 0.2) is 36.4 Å². The van der Waals surface area contributed by atoms with E-state index < -0.39 is 9.85 Å². The predicted octanol–water partition coefficient (Wildman–Crippen LogP) is 3.28. The van der Waals surface area contributed by atoms with E-state index in [1.807, 2.05) is 12.1 Å². The van der Waals surface area contributed by atoms with Crippen molar-refractivity contribution in [2.24, 2.45) is 0 Å². The van der Waals surface area contributed by atoms with Gasteiger partial charge >= 0.3 is 0 Å². The summed E-state index contributed by atoms with van der Waals surface area (Å²) in [6.07, 6.45) is 0.773. The maximum absolute atomic E-state index is 11.2. The lowest BCUT2D eigenvalue weighted by molar-refractivity contribution is -0.393. The summed E-state index contributed by atoms with van der Waals surface area (Å²) < 4.78 is 11.3. The first-order chi connectivity index (χ1) is 12.1. The summed E-state index contributed by atoms with van der Waals surface area (Å²) in [6.45, 7) is 1.35. The molecule has 2 aromatic carbocycles. The average Bonchev–Trinajstić information content (AvgIpc) is 2.85. The summed E-state index contributed by atoms with van der Waals surface area (Å²) in [5, 5.41) is 24.9. The molecule has 2 aromatic rings. The molecule has 1 N–H and O–H groups in total. The first kappa shape index (κ1) is 16.5. The molecule has 9 heteroatoms. The lowest BCUT2D eigenvalue weighted by Crippen LogP contribution is -2.05. The molecule has 130 valence electrons. The van der Waals surface area contributed by atoms with Crippen molar-refractivity contribution in [3.63, 3.8) is 0 Å². The van der Waals surface area contributed by atoms with Crippen LogP contribution in [-0.4, -0.2) is 23.1 Å². The number of rotatable bonds is 5. The van der Waals surface area contributed by atoms with E-state index in [0.29, 0.717) is 24.7 Å². The molecule has 3 rings (SSSR count). The molecule has 1 aliphatic heterocycles. The second kappa shape index (κ2) is 7.04. The van der Waals surface area contributed by atoms with Crippen molar-refractivity contribution in [3.05, 3.63) is 62.2 Å². The summed E-state index contributed by atoms with van der Waals surface area (Å²) in [5.41, 5.74) is 0.297. The van der Waals surface area contributed by atoms with Crippen LogP contribution >= 0.6 is 0 Å². The van der Waals surface area contributed by atoms with Crippen LogP contribution < -0.4 is 14.8 Å². The summed E-state index contributed by atoms with van der Waals surface area (Å²) in [4.78, 5) is 20.7. The number of non-ortho nitro benzene ring substituents is 1. The van der Waals surface area contributed by atoms with E-state index in [1.165, 1.54) is 12.1 Å². The Bertz CT molecular complexity index is 824. The quantitative estimate of drug-likeness (QED) is 0.652. The summed E-state index contributed by atoms with van der Waals surface area (Å²) in [7, 11) is 0. The summed E-state index contributed by atoms with van der Waals surface area (Å²) in [6, 6.07) is 8.94. The Morgan fingerprint density at radius 2 is 1.84 bits per heavy atom. The van der Waals surface area contributed by atoms with Gasteiger partial charge in [0, 0.05) is 24.6 Å². The van der Waals surface area contributed by atoms with Crippen molar-refractivity contribution in [1.29, 1.82) is 0 Å².